The van der Waals surface area contributed by atoms with Crippen molar-refractivity contribution in [2.75, 3.05) is 31.1 Å². The van der Waals surface area contributed by atoms with Gasteiger partial charge in [0, 0.05) is 45.6 Å². The summed E-state index contributed by atoms with van der Waals surface area (Å²) in [5.41, 5.74) is 0.0541. The minimum atomic E-state index is -0.574. The second-order valence-electron chi connectivity index (χ2n) is 7.07. The number of carbonyl (C=O) groups excluding carboxylic acids is 1. The number of hydrogen-bond donors (Lipinski definition) is 1. The lowest BCUT2D eigenvalue weighted by molar-refractivity contribution is -0.635. The van der Waals surface area contributed by atoms with Crippen LogP contribution < -0.4 is 19.7 Å². The second kappa shape index (κ2) is 7.03. The minimum absolute atomic E-state index is 0.0380. The summed E-state index contributed by atoms with van der Waals surface area (Å²) in [5, 5.41) is 28.6. The average molecular weight is 362 g/mol. The van der Waals surface area contributed by atoms with Crippen molar-refractivity contribution in [2.45, 2.75) is 27.2 Å². The molecule has 0 aliphatic carbocycles. The molecule has 2 heterocycles. The molecular weight excluding hydrogens is 339 g/mol. The number of Topliss-reactive ketones (excluding diaryl/α,β-unsaturated/α-hetero) is 1. The Labute approximate surface area is 151 Å². The Morgan fingerprint density at radius 1 is 1.23 bits per heavy atom. The van der Waals surface area contributed by atoms with E-state index in [0.717, 1.165) is 19.2 Å². The number of benzene rings is 1. The molecule has 0 amide bonds. The molecule has 1 aliphatic rings. The number of fused-ring (bicyclic) bond motifs is 1. The highest BCUT2D eigenvalue weighted by molar-refractivity contribution is 5.94. The number of nitrogens with zero attached hydrogens (tertiary/aromatic N) is 3. The highest BCUT2D eigenvalue weighted by Crippen LogP contribution is 2.24. The van der Waals surface area contributed by atoms with E-state index in [4.69, 9.17) is 0 Å². The predicted molar refractivity (Wildman–Crippen MR) is 95.4 cm³/mol. The molecule has 0 saturated carbocycles. The van der Waals surface area contributed by atoms with Gasteiger partial charge in [-0.05, 0) is 5.92 Å². The van der Waals surface area contributed by atoms with Crippen molar-refractivity contribution >= 4 is 22.5 Å². The number of anilines is 1. The third kappa shape index (κ3) is 3.16. The van der Waals surface area contributed by atoms with Crippen molar-refractivity contribution in [1.29, 1.82) is 0 Å². The summed E-state index contributed by atoms with van der Waals surface area (Å²) >= 11 is 0. The largest absolute Gasteiger partial charge is 0.618 e. The van der Waals surface area contributed by atoms with E-state index in [1.807, 2.05) is 18.7 Å². The smallest absolute Gasteiger partial charge is 0.328 e. The lowest BCUT2D eigenvalue weighted by Gasteiger charge is -2.29. The number of rotatable bonds is 4. The van der Waals surface area contributed by atoms with Crippen molar-refractivity contribution in [3.8, 4) is 0 Å². The molecule has 0 atom stereocenters. The van der Waals surface area contributed by atoms with Crippen molar-refractivity contribution in [2.24, 2.45) is 5.92 Å². The fourth-order valence-electron chi connectivity index (χ4n) is 3.34. The van der Waals surface area contributed by atoms with Crippen LogP contribution in [0.4, 0.5) is 10.1 Å². The van der Waals surface area contributed by atoms with Crippen LogP contribution in [-0.2, 0) is 0 Å². The maximum atomic E-state index is 14.6. The molecule has 140 valence electrons. The highest BCUT2D eigenvalue weighted by Gasteiger charge is 2.32. The summed E-state index contributed by atoms with van der Waals surface area (Å²) in [4.78, 5) is 14.3. The second-order valence-corrected chi connectivity index (χ2v) is 7.07. The number of halogens is 1. The zero-order valence-corrected chi connectivity index (χ0v) is 15.2. The number of carbonyl (C=O) groups is 1. The van der Waals surface area contributed by atoms with Crippen LogP contribution in [0.5, 0.6) is 0 Å². The molecule has 1 N–H and O–H groups in total. The van der Waals surface area contributed by atoms with Crippen LogP contribution in [0, 0.1) is 29.1 Å². The molecule has 26 heavy (non-hydrogen) atoms. The molecule has 2 aromatic rings. The van der Waals surface area contributed by atoms with Crippen LogP contribution in [0.1, 0.15) is 36.5 Å². The Bertz CT molecular complexity index is 864. The first-order chi connectivity index (χ1) is 12.3. The van der Waals surface area contributed by atoms with Gasteiger partial charge in [0.05, 0.1) is 11.8 Å². The quantitative estimate of drug-likeness (QED) is 0.502. The topological polar surface area (TPSA) is 86.2 Å². The zero-order chi connectivity index (χ0) is 19.0. The van der Waals surface area contributed by atoms with E-state index in [9.17, 15) is 19.6 Å². The monoisotopic (exact) mass is 362 g/mol. The number of piperazine rings is 1. The molecular formula is C18H23FN4O3. The molecule has 8 heteroatoms. The third-order valence-corrected chi connectivity index (χ3v) is 4.65. The predicted octanol–water partition coefficient (Wildman–Crippen LogP) is 1.19. The van der Waals surface area contributed by atoms with Gasteiger partial charge < -0.3 is 20.6 Å². The standard InChI is InChI=1S/C18H23FN4O3/c1-11(2)8-17(24)18-12(3)22(25)16-10-14(21-6-4-20-5-7-21)13(19)9-15(16)23(18)26/h9-11,20H,4-8H2,1-3H3. The zero-order valence-electron chi connectivity index (χ0n) is 15.2. The van der Waals surface area contributed by atoms with Gasteiger partial charge in [-0.25, -0.2) is 4.39 Å². The fraction of sp³-hybridized carbons (Fsp3) is 0.500. The van der Waals surface area contributed by atoms with Crippen molar-refractivity contribution in [1.82, 2.24) is 5.32 Å². The van der Waals surface area contributed by atoms with Crippen LogP contribution in [0.2, 0.25) is 0 Å². The third-order valence-electron chi connectivity index (χ3n) is 4.65. The van der Waals surface area contributed by atoms with Gasteiger partial charge in [0.1, 0.15) is 0 Å². The molecule has 1 saturated heterocycles. The summed E-state index contributed by atoms with van der Waals surface area (Å²) < 4.78 is 15.6. The molecule has 1 aromatic carbocycles. The summed E-state index contributed by atoms with van der Waals surface area (Å²) in [6.45, 7) is 7.83. The first kappa shape index (κ1) is 18.3. The van der Waals surface area contributed by atoms with Gasteiger partial charge >= 0.3 is 5.69 Å². The minimum Gasteiger partial charge on any atom is -0.618 e. The van der Waals surface area contributed by atoms with Crippen molar-refractivity contribution in [3.63, 3.8) is 0 Å². The van der Waals surface area contributed by atoms with Crippen LogP contribution in [0.25, 0.3) is 11.0 Å². The van der Waals surface area contributed by atoms with Gasteiger partial charge in [-0.2, -0.15) is 9.46 Å². The van der Waals surface area contributed by atoms with E-state index >= 15 is 0 Å². The van der Waals surface area contributed by atoms with E-state index < -0.39 is 11.6 Å². The van der Waals surface area contributed by atoms with Crippen LogP contribution in [-0.4, -0.2) is 32.0 Å². The Morgan fingerprint density at radius 2 is 1.85 bits per heavy atom. The lowest BCUT2D eigenvalue weighted by atomic mass is 10.0. The van der Waals surface area contributed by atoms with Gasteiger partial charge in [-0.15, -0.1) is 0 Å². The SMILES string of the molecule is Cc1c(C(=O)CC(C)C)[n+]([O-])c2cc(F)c(N3CCNCC3)cc2[n+]1[O-]. The Balaban J connectivity index is 2.17. The molecule has 0 radical (unpaired) electrons. The van der Waals surface area contributed by atoms with E-state index in [-0.39, 0.29) is 34.8 Å². The van der Waals surface area contributed by atoms with E-state index in [1.165, 1.54) is 13.0 Å². The number of nitrogens with one attached hydrogen (secondary N) is 1. The molecule has 1 aliphatic heterocycles. The van der Waals surface area contributed by atoms with E-state index in [1.54, 1.807) is 0 Å². The molecule has 0 bridgehead atoms. The summed E-state index contributed by atoms with van der Waals surface area (Å²) in [7, 11) is 0. The number of aromatic nitrogens is 2. The van der Waals surface area contributed by atoms with Gasteiger partial charge in [0.25, 0.3) is 16.7 Å². The highest BCUT2D eigenvalue weighted by atomic mass is 19.1. The molecule has 0 spiro atoms. The summed E-state index contributed by atoms with van der Waals surface area (Å²) in [6.07, 6.45) is 0.149. The maximum Gasteiger partial charge on any atom is 0.328 e. The van der Waals surface area contributed by atoms with Crippen LogP contribution in [0.15, 0.2) is 12.1 Å². The lowest BCUT2D eigenvalue weighted by Crippen LogP contribution is -2.47. The van der Waals surface area contributed by atoms with Crippen LogP contribution >= 0.6 is 0 Å². The average Bonchev–Trinajstić information content (AvgIpc) is 2.60. The molecule has 7 nitrogen and oxygen atoms in total. The number of hydrogen-bond acceptors (Lipinski definition) is 5. The Kier molecular flexibility index (Phi) is 4.95. The van der Waals surface area contributed by atoms with Gasteiger partial charge in [0.15, 0.2) is 5.82 Å². The summed E-state index contributed by atoms with van der Waals surface area (Å²) in [5.74, 6) is -0.940. The number of ketones is 1. The first-order valence-corrected chi connectivity index (χ1v) is 8.79. The Morgan fingerprint density at radius 3 is 2.46 bits per heavy atom. The molecule has 0 unspecified atom stereocenters. The van der Waals surface area contributed by atoms with Crippen molar-refractivity contribution in [3.05, 3.63) is 39.8 Å². The van der Waals surface area contributed by atoms with Crippen LogP contribution in [0.3, 0.4) is 0 Å². The van der Waals surface area contributed by atoms with Gasteiger partial charge in [-0.3, -0.25) is 4.79 Å². The fourth-order valence-corrected chi connectivity index (χ4v) is 3.34. The van der Waals surface area contributed by atoms with Gasteiger partial charge in [0.2, 0.25) is 5.78 Å². The molecule has 3 rings (SSSR count). The van der Waals surface area contributed by atoms with Gasteiger partial charge in [-0.1, -0.05) is 13.8 Å². The summed E-state index contributed by atoms with van der Waals surface area (Å²) in [6, 6.07) is 2.46. The van der Waals surface area contributed by atoms with E-state index in [2.05, 4.69) is 5.32 Å². The normalized spacial score (nSPS) is 15.0. The Hall–Kier alpha value is -2.48. The first-order valence-electron chi connectivity index (χ1n) is 8.79. The molecule has 1 aromatic heterocycles. The molecule has 1 fully saturated rings. The maximum absolute atomic E-state index is 14.6. The van der Waals surface area contributed by atoms with Crippen molar-refractivity contribution < 1.29 is 18.6 Å². The van der Waals surface area contributed by atoms with E-state index in [0.29, 0.717) is 28.2 Å².